The van der Waals surface area contributed by atoms with Gasteiger partial charge >= 0.3 is 0 Å². The van der Waals surface area contributed by atoms with E-state index in [1.54, 1.807) is 6.08 Å². The van der Waals surface area contributed by atoms with Crippen molar-refractivity contribution in [1.29, 1.82) is 5.26 Å². The van der Waals surface area contributed by atoms with Gasteiger partial charge in [0.15, 0.2) is 0 Å². The second kappa shape index (κ2) is 3.22. The number of nitrogens with zero attached hydrogens (tertiary/aromatic N) is 1. The molecule has 3 N–H and O–H groups in total. The summed E-state index contributed by atoms with van der Waals surface area (Å²) >= 11 is 0. The highest BCUT2D eigenvalue weighted by atomic mass is 16.3. The Kier molecular flexibility index (Phi) is 2.21. The van der Waals surface area contributed by atoms with Crippen LogP contribution in [0.4, 0.5) is 0 Å². The van der Waals surface area contributed by atoms with E-state index < -0.39 is 11.5 Å². The molecular formula is C11H15N3O2. The number of allylic oxidation sites excluding steroid dienone is 1. The minimum Gasteiger partial charge on any atom is -0.513 e. The number of hydrazine groups is 1. The molecule has 0 bridgehead atoms. The average Bonchev–Trinajstić information content (AvgIpc) is 2.39. The van der Waals surface area contributed by atoms with Crippen LogP contribution in [0.1, 0.15) is 26.7 Å². The highest BCUT2D eigenvalue weighted by Gasteiger charge is 2.52. The third kappa shape index (κ3) is 1.55. The molecule has 0 radical (unpaired) electrons. The van der Waals surface area contributed by atoms with Crippen LogP contribution < -0.4 is 10.9 Å². The van der Waals surface area contributed by atoms with Gasteiger partial charge in [-0.15, -0.1) is 0 Å². The number of rotatable bonds is 0. The zero-order valence-corrected chi connectivity index (χ0v) is 9.37. The van der Waals surface area contributed by atoms with Gasteiger partial charge in [-0.3, -0.25) is 10.2 Å². The van der Waals surface area contributed by atoms with E-state index in [9.17, 15) is 9.90 Å². The van der Waals surface area contributed by atoms with Gasteiger partial charge in [0.2, 0.25) is 0 Å². The van der Waals surface area contributed by atoms with Crippen LogP contribution in [0.2, 0.25) is 0 Å². The summed E-state index contributed by atoms with van der Waals surface area (Å²) in [6.07, 6.45) is 2.81. The molecule has 86 valence electrons. The number of aliphatic hydroxyl groups excluding tert-OH is 1. The number of aliphatic hydroxyl groups is 1. The Morgan fingerprint density at radius 3 is 2.88 bits per heavy atom. The van der Waals surface area contributed by atoms with Gasteiger partial charge < -0.3 is 5.11 Å². The molecule has 1 amide bonds. The second-order valence-corrected chi connectivity index (χ2v) is 5.37. The normalized spacial score (nSPS) is 36.7. The Morgan fingerprint density at radius 1 is 1.62 bits per heavy atom. The smallest absolute Gasteiger partial charge is 0.253 e. The van der Waals surface area contributed by atoms with Crippen LogP contribution in [0.15, 0.2) is 11.8 Å². The predicted molar refractivity (Wildman–Crippen MR) is 56.8 cm³/mol. The Bertz CT molecular complexity index is 408. The molecule has 1 spiro atoms. The van der Waals surface area contributed by atoms with Crippen LogP contribution in [0.5, 0.6) is 0 Å². The van der Waals surface area contributed by atoms with Crippen LogP contribution in [0, 0.1) is 22.7 Å². The molecule has 5 nitrogen and oxygen atoms in total. The summed E-state index contributed by atoms with van der Waals surface area (Å²) in [4.78, 5) is 11.5. The van der Waals surface area contributed by atoms with E-state index in [4.69, 9.17) is 5.26 Å². The number of hydrogen-bond acceptors (Lipinski definition) is 4. The Labute approximate surface area is 94.1 Å². The standard InChI is InChI=1S/C11H15N3O2/c1-10(2)3-7(15)4-11(6-10)8(5-12)9(16)13-14-11/h4,8,14-15H,3,6H2,1-2H3,(H,13,16). The van der Waals surface area contributed by atoms with Crippen molar-refractivity contribution < 1.29 is 9.90 Å². The second-order valence-electron chi connectivity index (χ2n) is 5.37. The molecule has 1 fully saturated rings. The maximum absolute atomic E-state index is 11.5. The molecule has 1 aliphatic carbocycles. The number of nitriles is 1. The maximum atomic E-state index is 11.5. The minimum atomic E-state index is -0.783. The first-order chi connectivity index (χ1) is 7.38. The SMILES string of the molecule is CC1(C)CC(O)=CC2(C1)NNC(=O)C2C#N. The zero-order valence-electron chi connectivity index (χ0n) is 9.37. The fourth-order valence-corrected chi connectivity index (χ4v) is 2.74. The Hall–Kier alpha value is -1.54. The molecule has 2 rings (SSSR count). The van der Waals surface area contributed by atoms with E-state index in [0.717, 1.165) is 0 Å². The van der Waals surface area contributed by atoms with Crippen LogP contribution in [0.25, 0.3) is 0 Å². The molecule has 2 unspecified atom stereocenters. The van der Waals surface area contributed by atoms with Crippen molar-refractivity contribution >= 4 is 5.91 Å². The quantitative estimate of drug-likeness (QED) is 0.563. The van der Waals surface area contributed by atoms with Crippen LogP contribution in [0.3, 0.4) is 0 Å². The highest BCUT2D eigenvalue weighted by molar-refractivity contribution is 5.85. The summed E-state index contributed by atoms with van der Waals surface area (Å²) < 4.78 is 0. The van der Waals surface area contributed by atoms with Crippen LogP contribution in [-0.4, -0.2) is 16.6 Å². The molecule has 0 aromatic rings. The number of amides is 1. The van der Waals surface area contributed by atoms with E-state index in [1.165, 1.54) is 0 Å². The van der Waals surface area contributed by atoms with Gasteiger partial charge in [0.25, 0.3) is 5.91 Å². The Morgan fingerprint density at radius 2 is 2.31 bits per heavy atom. The number of carbonyl (C=O) groups excluding carboxylic acids is 1. The first-order valence-corrected chi connectivity index (χ1v) is 5.26. The van der Waals surface area contributed by atoms with E-state index >= 15 is 0 Å². The number of nitrogens with one attached hydrogen (secondary N) is 2. The van der Waals surface area contributed by atoms with Gasteiger partial charge in [0.1, 0.15) is 5.92 Å². The van der Waals surface area contributed by atoms with Crippen molar-refractivity contribution in [2.75, 3.05) is 0 Å². The van der Waals surface area contributed by atoms with Crippen LogP contribution in [-0.2, 0) is 4.79 Å². The van der Waals surface area contributed by atoms with Gasteiger partial charge in [-0.05, 0) is 17.9 Å². The molecule has 16 heavy (non-hydrogen) atoms. The lowest BCUT2D eigenvalue weighted by molar-refractivity contribution is -0.121. The summed E-state index contributed by atoms with van der Waals surface area (Å²) in [5, 5.41) is 18.8. The van der Waals surface area contributed by atoms with Crippen molar-refractivity contribution in [1.82, 2.24) is 10.9 Å². The van der Waals surface area contributed by atoms with Crippen molar-refractivity contribution in [2.24, 2.45) is 11.3 Å². The lowest BCUT2D eigenvalue weighted by atomic mass is 9.67. The van der Waals surface area contributed by atoms with Crippen molar-refractivity contribution in [3.8, 4) is 6.07 Å². The molecule has 1 heterocycles. The topological polar surface area (TPSA) is 85.2 Å². The third-order valence-corrected chi connectivity index (χ3v) is 3.18. The molecule has 2 atom stereocenters. The van der Waals surface area contributed by atoms with E-state index in [2.05, 4.69) is 10.9 Å². The summed E-state index contributed by atoms with van der Waals surface area (Å²) in [5.74, 6) is -0.876. The number of hydrogen-bond donors (Lipinski definition) is 3. The van der Waals surface area contributed by atoms with Gasteiger partial charge in [0, 0.05) is 6.42 Å². The monoisotopic (exact) mass is 221 g/mol. The maximum Gasteiger partial charge on any atom is 0.253 e. The zero-order chi connectivity index (χ0) is 12.0. The molecular weight excluding hydrogens is 206 g/mol. The van der Waals surface area contributed by atoms with Gasteiger partial charge in [-0.25, -0.2) is 5.43 Å². The van der Waals surface area contributed by atoms with Gasteiger partial charge in [-0.1, -0.05) is 13.8 Å². The first-order valence-electron chi connectivity index (χ1n) is 5.26. The molecule has 1 saturated heterocycles. The summed E-state index contributed by atoms with van der Waals surface area (Å²) in [6.45, 7) is 4.02. The van der Waals surface area contributed by atoms with E-state index in [-0.39, 0.29) is 17.1 Å². The largest absolute Gasteiger partial charge is 0.513 e. The van der Waals surface area contributed by atoms with Crippen LogP contribution >= 0.6 is 0 Å². The summed E-state index contributed by atoms with van der Waals surface area (Å²) in [5.41, 5.74) is 4.42. The van der Waals surface area contributed by atoms with Gasteiger partial charge in [0.05, 0.1) is 17.4 Å². The fraction of sp³-hybridized carbons (Fsp3) is 0.636. The van der Waals surface area contributed by atoms with Crippen molar-refractivity contribution in [3.63, 3.8) is 0 Å². The lowest BCUT2D eigenvalue weighted by Crippen LogP contribution is -2.50. The predicted octanol–water partition coefficient (Wildman–Crippen LogP) is 0.761. The van der Waals surface area contributed by atoms with Crippen molar-refractivity contribution in [2.45, 2.75) is 32.2 Å². The average molecular weight is 221 g/mol. The molecule has 2 aliphatic rings. The molecule has 0 saturated carbocycles. The summed E-state index contributed by atoms with van der Waals surface area (Å²) in [6, 6.07) is 2.00. The lowest BCUT2D eigenvalue weighted by Gasteiger charge is -2.39. The van der Waals surface area contributed by atoms with E-state index in [0.29, 0.717) is 12.8 Å². The molecule has 0 aromatic carbocycles. The third-order valence-electron chi connectivity index (χ3n) is 3.18. The van der Waals surface area contributed by atoms with E-state index in [1.807, 2.05) is 19.9 Å². The molecule has 1 aliphatic heterocycles. The minimum absolute atomic E-state index is 0.132. The fourth-order valence-electron chi connectivity index (χ4n) is 2.74. The molecule has 5 heteroatoms. The Balaban J connectivity index is 2.43. The first kappa shape index (κ1) is 11.0. The molecule has 0 aromatic heterocycles. The number of carbonyl (C=O) groups is 1. The van der Waals surface area contributed by atoms with Crippen molar-refractivity contribution in [3.05, 3.63) is 11.8 Å². The highest BCUT2D eigenvalue weighted by Crippen LogP contribution is 2.43. The van der Waals surface area contributed by atoms with Gasteiger partial charge in [-0.2, -0.15) is 5.26 Å². The summed E-state index contributed by atoms with van der Waals surface area (Å²) in [7, 11) is 0.